The number of benzene rings is 2. The number of fused-ring (bicyclic) bond motifs is 2. The van der Waals surface area contributed by atoms with Gasteiger partial charge in [-0.1, -0.05) is 22.7 Å². The molecule has 0 unspecified atom stereocenters. The molecule has 5 rings (SSSR count). The van der Waals surface area contributed by atoms with E-state index in [1.807, 2.05) is 38.4 Å². The molecular formula is C47H72N8O16S2. The number of rotatable bonds is 45. The molecule has 2 aromatic carbocycles. The molecule has 2 N–H and O–H groups in total. The van der Waals surface area contributed by atoms with Crippen molar-refractivity contribution in [1.82, 2.24) is 24.9 Å². The van der Waals surface area contributed by atoms with E-state index in [9.17, 15) is 0 Å². The molecule has 0 amide bonds. The molecule has 0 radical (unpaired) electrons. The summed E-state index contributed by atoms with van der Waals surface area (Å²) in [5.74, 6) is 3.02. The number of ether oxygens (including phenoxy) is 16. The number of nitrogens with zero attached hydrogens (tertiary/aromatic N) is 6. The number of hydrogen-bond donors (Lipinski definition) is 2. The van der Waals surface area contributed by atoms with Gasteiger partial charge in [-0.2, -0.15) is 15.0 Å². The van der Waals surface area contributed by atoms with E-state index in [1.165, 1.54) is 22.7 Å². The van der Waals surface area contributed by atoms with Crippen LogP contribution in [0.5, 0.6) is 23.0 Å². The third-order valence-corrected chi connectivity index (χ3v) is 11.4. The molecule has 0 atom stereocenters. The van der Waals surface area contributed by atoms with E-state index >= 15 is 0 Å². The highest BCUT2D eigenvalue weighted by molar-refractivity contribution is 7.22. The summed E-state index contributed by atoms with van der Waals surface area (Å²) in [6.45, 7) is 10.2. The smallest absolute Gasteiger partial charge is 0.235 e. The fraction of sp³-hybridized carbons (Fsp3) is 0.638. The van der Waals surface area contributed by atoms with Crippen LogP contribution in [0.4, 0.5) is 28.1 Å². The van der Waals surface area contributed by atoms with E-state index in [0.29, 0.717) is 182 Å². The van der Waals surface area contributed by atoms with Crippen molar-refractivity contribution in [2.24, 2.45) is 0 Å². The Morgan fingerprint density at radius 2 is 0.630 bits per heavy atom. The largest absolute Gasteiger partial charge is 0.487 e. The second-order valence-electron chi connectivity index (χ2n) is 15.3. The highest BCUT2D eigenvalue weighted by atomic mass is 32.1. The van der Waals surface area contributed by atoms with E-state index in [2.05, 4.69) is 20.6 Å². The summed E-state index contributed by atoms with van der Waals surface area (Å²) in [4.78, 5) is 25.5. The number of thiazole rings is 2. The zero-order valence-electron chi connectivity index (χ0n) is 42.8. The fourth-order valence-corrected chi connectivity index (χ4v) is 7.74. The Morgan fingerprint density at radius 1 is 0.356 bits per heavy atom. The molecule has 3 aromatic heterocycles. The van der Waals surface area contributed by atoms with Crippen molar-refractivity contribution in [2.45, 2.75) is 0 Å². The lowest BCUT2D eigenvalue weighted by Crippen LogP contribution is -2.15. The quantitative estimate of drug-likeness (QED) is 0.0494. The first-order valence-corrected chi connectivity index (χ1v) is 25.5. The summed E-state index contributed by atoms with van der Waals surface area (Å²) >= 11 is 2.81. The monoisotopic (exact) mass is 1070 g/mol. The van der Waals surface area contributed by atoms with Gasteiger partial charge >= 0.3 is 0 Å². The highest BCUT2D eigenvalue weighted by Gasteiger charge is 2.18. The molecule has 3 heterocycles. The van der Waals surface area contributed by atoms with Gasteiger partial charge in [0.05, 0.1) is 153 Å². The van der Waals surface area contributed by atoms with E-state index in [-0.39, 0.29) is 38.3 Å². The minimum absolute atomic E-state index is 0.264. The van der Waals surface area contributed by atoms with Gasteiger partial charge in [0.25, 0.3) is 0 Å². The molecular weight excluding hydrogens is 997 g/mol. The average Bonchev–Trinajstić information content (AvgIpc) is 3.97. The van der Waals surface area contributed by atoms with Gasteiger partial charge in [0.15, 0.2) is 33.3 Å². The number of anilines is 5. The van der Waals surface area contributed by atoms with Crippen molar-refractivity contribution in [3.05, 3.63) is 24.3 Å². The summed E-state index contributed by atoms with van der Waals surface area (Å²) in [6, 6.07) is 7.46. The molecule has 26 heteroatoms. The Morgan fingerprint density at radius 3 is 0.918 bits per heavy atom. The molecule has 0 aliphatic rings. The summed E-state index contributed by atoms with van der Waals surface area (Å²) in [5.41, 5.74) is 1.36. The first-order chi connectivity index (χ1) is 35.9. The SMILES string of the molecule is COCCOCCOCCOc1cc2nc(Nc3nc(Nc4nc5cc(OCCOCCOCCOC)c(OCCOCCOCCOC)cc5s4)nc(N(C)C)n3)sc2cc1OCCOCCOCCOC. The van der Waals surface area contributed by atoms with Crippen molar-refractivity contribution in [1.29, 1.82) is 0 Å². The highest BCUT2D eigenvalue weighted by Crippen LogP contribution is 2.39. The summed E-state index contributed by atoms with van der Waals surface area (Å²) in [7, 11) is 10.2. The van der Waals surface area contributed by atoms with Crippen molar-refractivity contribution in [3.8, 4) is 23.0 Å². The van der Waals surface area contributed by atoms with Crippen molar-refractivity contribution in [3.63, 3.8) is 0 Å². The van der Waals surface area contributed by atoms with Crippen LogP contribution in [0, 0.1) is 0 Å². The van der Waals surface area contributed by atoms with Gasteiger partial charge in [-0.15, -0.1) is 0 Å². The van der Waals surface area contributed by atoms with Crippen molar-refractivity contribution >= 4 is 71.2 Å². The lowest BCUT2D eigenvalue weighted by molar-refractivity contribution is 0.0160. The Balaban J connectivity index is 1.26. The predicted octanol–water partition coefficient (Wildman–Crippen LogP) is 4.88. The molecule has 0 aliphatic carbocycles. The van der Waals surface area contributed by atoms with Crippen molar-refractivity contribution < 1.29 is 75.8 Å². The van der Waals surface area contributed by atoms with E-state index in [0.717, 1.165) is 9.40 Å². The summed E-state index contributed by atoms with van der Waals surface area (Å²) < 4.78 is 91.1. The summed E-state index contributed by atoms with van der Waals surface area (Å²) in [5, 5.41) is 7.62. The Bertz CT molecular complexity index is 1980. The van der Waals surface area contributed by atoms with Crippen LogP contribution in [-0.2, 0) is 56.8 Å². The van der Waals surface area contributed by atoms with Gasteiger partial charge in [-0.3, -0.25) is 10.6 Å². The number of nitrogens with one attached hydrogen (secondary N) is 2. The average molecular weight is 1070 g/mol. The maximum absolute atomic E-state index is 6.17. The van der Waals surface area contributed by atoms with Crippen LogP contribution in [0.25, 0.3) is 20.4 Å². The van der Waals surface area contributed by atoms with Crippen LogP contribution in [0.2, 0.25) is 0 Å². The molecule has 0 bridgehead atoms. The molecule has 0 saturated carbocycles. The molecule has 73 heavy (non-hydrogen) atoms. The molecule has 24 nitrogen and oxygen atoms in total. The first-order valence-electron chi connectivity index (χ1n) is 23.9. The van der Waals surface area contributed by atoms with Crippen molar-refractivity contribution in [2.75, 3.05) is 217 Å². The van der Waals surface area contributed by atoms with Crippen LogP contribution in [0.15, 0.2) is 24.3 Å². The lowest BCUT2D eigenvalue weighted by atomic mass is 10.3. The third-order valence-electron chi connectivity index (χ3n) is 9.53. The van der Waals surface area contributed by atoms with Crippen LogP contribution in [-0.4, -0.2) is 226 Å². The molecule has 5 aromatic rings. The number of hydrogen-bond acceptors (Lipinski definition) is 26. The van der Waals surface area contributed by atoms with E-state index in [1.54, 1.807) is 33.3 Å². The molecule has 0 spiro atoms. The second-order valence-corrected chi connectivity index (χ2v) is 17.3. The van der Waals surface area contributed by atoms with Gasteiger partial charge in [-0.25, -0.2) is 9.97 Å². The topological polar surface area (TPSA) is 239 Å². The van der Waals surface area contributed by atoms with Crippen LogP contribution < -0.4 is 34.5 Å². The fourth-order valence-electron chi connectivity index (χ4n) is 6.00. The van der Waals surface area contributed by atoms with Gasteiger partial charge in [0, 0.05) is 66.8 Å². The zero-order valence-corrected chi connectivity index (χ0v) is 44.4. The zero-order chi connectivity index (χ0) is 51.6. The van der Waals surface area contributed by atoms with Crippen LogP contribution in [0.3, 0.4) is 0 Å². The minimum atomic E-state index is 0.264. The minimum Gasteiger partial charge on any atom is -0.487 e. The molecule has 408 valence electrons. The Kier molecular flexibility index (Phi) is 29.5. The Labute approximate surface area is 434 Å². The maximum Gasteiger partial charge on any atom is 0.235 e. The van der Waals surface area contributed by atoms with E-state index < -0.39 is 0 Å². The standard InChI is InChI=1S/C47H72N8O16S2/c1-55(2)45-51-43(53-46-48-35-31-37(68-27-23-64-19-15-60-11-7-56-3)39(33-41(35)72-46)70-29-25-66-21-17-62-13-9-58-5)50-44(52-45)54-47-49-36-32-38(69-28-24-65-20-16-61-12-8-57-4)40(34-42(36)73-47)71-30-26-67-22-18-63-14-10-59-6/h31-34H,7-30H2,1-6H3,(H2,48,49,50,51,52,53,54). The summed E-state index contributed by atoms with van der Waals surface area (Å²) in [6.07, 6.45) is 0. The Hall–Kier alpha value is -4.65. The molecule has 0 saturated heterocycles. The molecule has 0 aliphatic heterocycles. The van der Waals surface area contributed by atoms with Gasteiger partial charge < -0.3 is 80.7 Å². The van der Waals surface area contributed by atoms with Gasteiger partial charge in [0.2, 0.25) is 17.8 Å². The maximum atomic E-state index is 6.17. The first kappa shape index (κ1) is 59.2. The van der Waals surface area contributed by atoms with Crippen LogP contribution >= 0.6 is 22.7 Å². The number of methoxy groups -OCH3 is 4. The van der Waals surface area contributed by atoms with Crippen LogP contribution in [0.1, 0.15) is 0 Å². The number of aromatic nitrogens is 5. The second kappa shape index (κ2) is 36.3. The lowest BCUT2D eigenvalue weighted by Gasteiger charge is -2.13. The predicted molar refractivity (Wildman–Crippen MR) is 276 cm³/mol. The normalized spacial score (nSPS) is 11.5. The van der Waals surface area contributed by atoms with Gasteiger partial charge in [-0.05, 0) is 0 Å². The van der Waals surface area contributed by atoms with Gasteiger partial charge in [0.1, 0.15) is 26.4 Å². The third kappa shape index (κ3) is 23.2. The molecule has 0 fully saturated rings. The van der Waals surface area contributed by atoms with E-state index in [4.69, 9.17) is 90.7 Å².